The van der Waals surface area contributed by atoms with E-state index in [2.05, 4.69) is 0 Å². The minimum absolute atomic E-state index is 0.571. The molecule has 0 radical (unpaired) electrons. The van der Waals surface area contributed by atoms with Gasteiger partial charge in [-0.1, -0.05) is 0 Å². The monoisotopic (exact) mass is 222 g/mol. The highest BCUT2D eigenvalue weighted by Gasteiger charge is 2.31. The Kier molecular flexibility index (Phi) is 8.41. The Labute approximate surface area is 89.4 Å². The summed E-state index contributed by atoms with van der Waals surface area (Å²) < 4.78 is 21.6. The Bertz CT molecular complexity index is 115. The van der Waals surface area contributed by atoms with Gasteiger partial charge in [0.25, 0.3) is 5.97 Å². The van der Waals surface area contributed by atoms with Gasteiger partial charge < -0.3 is 18.6 Å². The Morgan fingerprint density at radius 3 is 1.64 bits per heavy atom. The van der Waals surface area contributed by atoms with Crippen LogP contribution in [0.1, 0.15) is 27.2 Å². The van der Waals surface area contributed by atoms with Crippen LogP contribution in [0.2, 0.25) is 0 Å². The standard InChI is InChI=1S/C9H22O4Si/c1-4-10-9(11-5-2,12-6-3)7-8-13-14/h4-8H2,1-3,14H3. The Balaban J connectivity index is 4.21. The van der Waals surface area contributed by atoms with Gasteiger partial charge in [0, 0.05) is 26.4 Å². The molecular formula is C9H22O4Si. The van der Waals surface area contributed by atoms with E-state index < -0.39 is 5.97 Å². The number of ether oxygens (including phenoxy) is 3. The van der Waals surface area contributed by atoms with Crippen molar-refractivity contribution >= 4 is 10.5 Å². The topological polar surface area (TPSA) is 36.9 Å². The molecule has 0 aliphatic rings. The lowest BCUT2D eigenvalue weighted by molar-refractivity contribution is -0.380. The van der Waals surface area contributed by atoms with Gasteiger partial charge >= 0.3 is 0 Å². The van der Waals surface area contributed by atoms with Crippen molar-refractivity contribution in [1.29, 1.82) is 0 Å². The average molecular weight is 222 g/mol. The van der Waals surface area contributed by atoms with Gasteiger partial charge in [-0.3, -0.25) is 0 Å². The zero-order valence-corrected chi connectivity index (χ0v) is 11.7. The van der Waals surface area contributed by atoms with E-state index in [-0.39, 0.29) is 0 Å². The predicted molar refractivity (Wildman–Crippen MR) is 58.1 cm³/mol. The Hall–Kier alpha value is 0.0569. The van der Waals surface area contributed by atoms with Gasteiger partial charge in [0.15, 0.2) is 0 Å². The molecule has 0 saturated heterocycles. The highest BCUT2D eigenvalue weighted by atomic mass is 28.2. The number of hydrogen-bond acceptors (Lipinski definition) is 4. The molecule has 0 unspecified atom stereocenters. The molecule has 0 spiro atoms. The van der Waals surface area contributed by atoms with E-state index >= 15 is 0 Å². The smallest absolute Gasteiger partial charge is 0.285 e. The van der Waals surface area contributed by atoms with Crippen LogP contribution in [0.5, 0.6) is 0 Å². The normalized spacial score (nSPS) is 12.2. The van der Waals surface area contributed by atoms with Crippen molar-refractivity contribution in [3.05, 3.63) is 0 Å². The maximum Gasteiger partial charge on any atom is 0.285 e. The third-order valence-electron chi connectivity index (χ3n) is 1.71. The minimum atomic E-state index is -0.900. The van der Waals surface area contributed by atoms with Crippen molar-refractivity contribution in [2.24, 2.45) is 0 Å². The third-order valence-corrected chi connectivity index (χ3v) is 2.11. The molecule has 0 aliphatic heterocycles. The van der Waals surface area contributed by atoms with Gasteiger partial charge in [-0.05, 0) is 20.8 Å². The van der Waals surface area contributed by atoms with E-state index in [4.69, 9.17) is 18.6 Å². The summed E-state index contributed by atoms with van der Waals surface area (Å²) in [5.74, 6) is -0.900. The van der Waals surface area contributed by atoms with Crippen LogP contribution in [0.15, 0.2) is 0 Å². The second-order valence-electron chi connectivity index (χ2n) is 2.72. The van der Waals surface area contributed by atoms with Crippen LogP contribution >= 0.6 is 0 Å². The minimum Gasteiger partial charge on any atom is -0.428 e. The van der Waals surface area contributed by atoms with Crippen LogP contribution in [0, 0.1) is 0 Å². The van der Waals surface area contributed by atoms with Crippen LogP contribution in [0.25, 0.3) is 0 Å². The Morgan fingerprint density at radius 1 is 0.929 bits per heavy atom. The summed E-state index contributed by atoms with van der Waals surface area (Å²) >= 11 is 0. The van der Waals surface area contributed by atoms with E-state index in [0.29, 0.717) is 32.8 Å². The van der Waals surface area contributed by atoms with Crippen molar-refractivity contribution in [1.82, 2.24) is 0 Å². The highest BCUT2D eigenvalue weighted by molar-refractivity contribution is 5.97. The fourth-order valence-corrected chi connectivity index (χ4v) is 1.43. The van der Waals surface area contributed by atoms with E-state index in [0.717, 1.165) is 10.5 Å². The first-order valence-corrected chi connectivity index (χ1v) is 5.97. The fraction of sp³-hybridized carbons (Fsp3) is 1.00. The van der Waals surface area contributed by atoms with Crippen molar-refractivity contribution in [2.75, 3.05) is 26.4 Å². The van der Waals surface area contributed by atoms with Gasteiger partial charge in [0.2, 0.25) is 0 Å². The van der Waals surface area contributed by atoms with Gasteiger partial charge in [-0.15, -0.1) is 0 Å². The van der Waals surface area contributed by atoms with Crippen molar-refractivity contribution < 1.29 is 18.6 Å². The van der Waals surface area contributed by atoms with Crippen LogP contribution in [-0.2, 0) is 18.6 Å². The summed E-state index contributed by atoms with van der Waals surface area (Å²) in [5, 5.41) is 0. The lowest BCUT2D eigenvalue weighted by Gasteiger charge is -2.32. The lowest BCUT2D eigenvalue weighted by atomic mass is 10.4. The molecule has 0 atom stereocenters. The van der Waals surface area contributed by atoms with E-state index in [1.807, 2.05) is 20.8 Å². The maximum atomic E-state index is 5.50. The zero-order valence-electron chi connectivity index (χ0n) is 9.67. The average Bonchev–Trinajstić information content (AvgIpc) is 2.16. The largest absolute Gasteiger partial charge is 0.428 e. The molecule has 0 N–H and O–H groups in total. The zero-order chi connectivity index (χ0) is 10.9. The van der Waals surface area contributed by atoms with Gasteiger partial charge in [-0.25, -0.2) is 0 Å². The van der Waals surface area contributed by atoms with Crippen LogP contribution in [0.4, 0.5) is 0 Å². The molecule has 86 valence electrons. The SMILES string of the molecule is CCOC(CCO[SiH3])(OCC)OCC. The van der Waals surface area contributed by atoms with Crippen LogP contribution < -0.4 is 0 Å². The summed E-state index contributed by atoms with van der Waals surface area (Å²) in [6, 6.07) is 0. The summed E-state index contributed by atoms with van der Waals surface area (Å²) in [5.41, 5.74) is 0. The summed E-state index contributed by atoms with van der Waals surface area (Å²) in [4.78, 5) is 0. The van der Waals surface area contributed by atoms with Gasteiger partial charge in [0.1, 0.15) is 10.5 Å². The summed E-state index contributed by atoms with van der Waals surface area (Å²) in [6.07, 6.45) is 0.617. The second kappa shape index (κ2) is 8.37. The number of hydrogen-bond donors (Lipinski definition) is 0. The van der Waals surface area contributed by atoms with Crippen LogP contribution in [0.3, 0.4) is 0 Å². The molecule has 4 nitrogen and oxygen atoms in total. The van der Waals surface area contributed by atoms with Crippen LogP contribution in [-0.4, -0.2) is 42.9 Å². The molecule has 0 saturated carbocycles. The molecule has 14 heavy (non-hydrogen) atoms. The molecular weight excluding hydrogens is 200 g/mol. The first-order valence-electron chi connectivity index (χ1n) is 5.15. The molecule has 0 bridgehead atoms. The molecule has 0 aromatic rings. The van der Waals surface area contributed by atoms with E-state index in [9.17, 15) is 0 Å². The molecule has 0 fully saturated rings. The molecule has 5 heteroatoms. The Morgan fingerprint density at radius 2 is 1.36 bits per heavy atom. The molecule has 0 aliphatic carbocycles. The van der Waals surface area contributed by atoms with E-state index in [1.165, 1.54) is 0 Å². The molecule has 0 aromatic carbocycles. The molecule has 0 rings (SSSR count). The fourth-order valence-electron chi connectivity index (χ4n) is 1.23. The number of rotatable bonds is 9. The molecule has 0 aromatic heterocycles. The molecule has 0 heterocycles. The highest BCUT2D eigenvalue weighted by Crippen LogP contribution is 2.20. The summed E-state index contributed by atoms with van der Waals surface area (Å²) in [6.45, 7) is 8.10. The van der Waals surface area contributed by atoms with E-state index in [1.54, 1.807) is 0 Å². The maximum absolute atomic E-state index is 5.50. The quantitative estimate of drug-likeness (QED) is 0.419. The third kappa shape index (κ3) is 5.07. The van der Waals surface area contributed by atoms with Crippen molar-refractivity contribution in [2.45, 2.75) is 33.2 Å². The first kappa shape index (κ1) is 14.1. The lowest BCUT2D eigenvalue weighted by Crippen LogP contribution is -2.40. The van der Waals surface area contributed by atoms with Gasteiger partial charge in [-0.2, -0.15) is 0 Å². The first-order chi connectivity index (χ1) is 6.74. The molecule has 0 amide bonds. The predicted octanol–water partition coefficient (Wildman–Crippen LogP) is 0.437. The summed E-state index contributed by atoms with van der Waals surface area (Å²) in [7, 11) is 0.728. The van der Waals surface area contributed by atoms with Gasteiger partial charge in [0.05, 0.1) is 6.42 Å². The van der Waals surface area contributed by atoms with Crippen molar-refractivity contribution in [3.63, 3.8) is 0 Å². The second-order valence-corrected chi connectivity index (χ2v) is 3.30. The van der Waals surface area contributed by atoms with Crippen molar-refractivity contribution in [3.8, 4) is 0 Å².